The minimum absolute atomic E-state index is 0.312. The summed E-state index contributed by atoms with van der Waals surface area (Å²) < 4.78 is 11.7. The van der Waals surface area contributed by atoms with Gasteiger partial charge < -0.3 is 15.2 Å². The Labute approximate surface area is 187 Å². The lowest BCUT2D eigenvalue weighted by Gasteiger charge is -2.40. The van der Waals surface area contributed by atoms with Crippen LogP contribution in [0, 0.1) is 5.41 Å². The van der Waals surface area contributed by atoms with Crippen LogP contribution in [0.5, 0.6) is 0 Å². The zero-order valence-electron chi connectivity index (χ0n) is 20.0. The summed E-state index contributed by atoms with van der Waals surface area (Å²) >= 11 is 0. The fourth-order valence-corrected chi connectivity index (χ4v) is 4.42. The van der Waals surface area contributed by atoms with Crippen molar-refractivity contribution in [2.24, 2.45) is 5.41 Å². The van der Waals surface area contributed by atoms with Gasteiger partial charge in [0.15, 0.2) is 5.60 Å². The Morgan fingerprint density at radius 2 is 1.94 bits per heavy atom. The summed E-state index contributed by atoms with van der Waals surface area (Å²) in [6.07, 6.45) is 9.72. The van der Waals surface area contributed by atoms with Crippen LogP contribution < -0.4 is 5.73 Å². The van der Waals surface area contributed by atoms with E-state index in [0.717, 1.165) is 49.1 Å². The van der Waals surface area contributed by atoms with E-state index in [1.807, 2.05) is 32.9 Å². The van der Waals surface area contributed by atoms with Gasteiger partial charge in [-0.1, -0.05) is 33.3 Å². The molecule has 0 saturated carbocycles. The van der Waals surface area contributed by atoms with E-state index in [2.05, 4.69) is 32.9 Å². The number of hydrogen-bond acceptors (Lipinski definition) is 5. The largest absolute Gasteiger partial charge is 0.464 e. The van der Waals surface area contributed by atoms with Crippen LogP contribution in [0.4, 0.5) is 5.69 Å². The summed E-state index contributed by atoms with van der Waals surface area (Å²) in [6.45, 7) is 12.8. The summed E-state index contributed by atoms with van der Waals surface area (Å²) in [4.78, 5) is 17.8. The average Bonchev–Trinajstić information content (AvgIpc) is 2.67. The van der Waals surface area contributed by atoms with Crippen LogP contribution >= 0.6 is 0 Å². The standard InChI is InChI=1S/C26H38N2O3/c1-7-8-15-30-23(29)26(6)17-19(16-25(4,5)31-26)21-10-9-20(27)22(28-21)18-11-13-24(2,3)14-12-18/h9-11,16H,7-8,12-15,17,27H2,1-6H3. The van der Waals surface area contributed by atoms with E-state index in [4.69, 9.17) is 20.2 Å². The van der Waals surface area contributed by atoms with Gasteiger partial charge in [0.25, 0.3) is 0 Å². The predicted molar refractivity (Wildman–Crippen MR) is 126 cm³/mol. The Kier molecular flexibility index (Phi) is 6.66. The van der Waals surface area contributed by atoms with Gasteiger partial charge in [0, 0.05) is 6.42 Å². The Hall–Kier alpha value is -2.14. The first-order valence-electron chi connectivity index (χ1n) is 11.5. The average molecular weight is 427 g/mol. The van der Waals surface area contributed by atoms with Crippen molar-refractivity contribution < 1.29 is 14.3 Å². The highest BCUT2D eigenvalue weighted by Gasteiger charge is 2.45. The maximum absolute atomic E-state index is 12.9. The smallest absolute Gasteiger partial charge is 0.338 e. The molecule has 5 heteroatoms. The molecule has 0 amide bonds. The van der Waals surface area contributed by atoms with E-state index in [-0.39, 0.29) is 5.97 Å². The maximum atomic E-state index is 12.9. The number of nitrogens with two attached hydrogens (primary N) is 1. The van der Waals surface area contributed by atoms with Gasteiger partial charge in [0.05, 0.1) is 29.3 Å². The highest BCUT2D eigenvalue weighted by molar-refractivity contribution is 5.84. The molecule has 2 heterocycles. The van der Waals surface area contributed by atoms with E-state index in [1.54, 1.807) is 0 Å². The third-order valence-corrected chi connectivity index (χ3v) is 6.23. The second-order valence-corrected chi connectivity index (χ2v) is 10.5. The quantitative estimate of drug-likeness (QED) is 0.450. The Balaban J connectivity index is 1.90. The van der Waals surface area contributed by atoms with E-state index in [1.165, 1.54) is 5.57 Å². The van der Waals surface area contributed by atoms with Gasteiger partial charge in [0.1, 0.15) is 0 Å². The van der Waals surface area contributed by atoms with Gasteiger partial charge in [-0.3, -0.25) is 0 Å². The number of esters is 1. The van der Waals surface area contributed by atoms with Crippen LogP contribution in [0.25, 0.3) is 11.1 Å². The molecule has 2 N–H and O–H groups in total. The number of hydrogen-bond donors (Lipinski definition) is 1. The fourth-order valence-electron chi connectivity index (χ4n) is 4.42. The molecule has 0 radical (unpaired) electrons. The first-order valence-corrected chi connectivity index (χ1v) is 11.5. The van der Waals surface area contributed by atoms with Crippen molar-refractivity contribution >= 4 is 22.8 Å². The number of pyridine rings is 1. The molecule has 3 rings (SSSR count). The summed E-state index contributed by atoms with van der Waals surface area (Å²) in [5.41, 5.74) is 9.61. The second-order valence-electron chi connectivity index (χ2n) is 10.5. The van der Waals surface area contributed by atoms with Crippen molar-refractivity contribution in [3.8, 4) is 0 Å². The molecule has 0 bridgehead atoms. The molecule has 0 saturated heterocycles. The van der Waals surface area contributed by atoms with Crippen molar-refractivity contribution in [3.05, 3.63) is 35.7 Å². The predicted octanol–water partition coefficient (Wildman–Crippen LogP) is 5.94. The minimum Gasteiger partial charge on any atom is -0.464 e. The summed E-state index contributed by atoms with van der Waals surface area (Å²) in [5.74, 6) is -0.312. The number of carbonyl (C=O) groups excluding carboxylic acids is 1. The number of rotatable bonds is 6. The van der Waals surface area contributed by atoms with Crippen LogP contribution in [0.1, 0.15) is 91.5 Å². The third-order valence-electron chi connectivity index (χ3n) is 6.23. The molecular formula is C26H38N2O3. The van der Waals surface area contributed by atoms with E-state index < -0.39 is 11.2 Å². The van der Waals surface area contributed by atoms with Crippen molar-refractivity contribution in [1.82, 2.24) is 4.98 Å². The second kappa shape index (κ2) is 8.78. The Morgan fingerprint density at radius 3 is 2.58 bits per heavy atom. The van der Waals surface area contributed by atoms with E-state index in [0.29, 0.717) is 24.1 Å². The van der Waals surface area contributed by atoms with Crippen LogP contribution in [0.3, 0.4) is 0 Å². The molecule has 0 fully saturated rings. The normalized spacial score (nSPS) is 24.8. The molecule has 31 heavy (non-hydrogen) atoms. The van der Waals surface area contributed by atoms with E-state index >= 15 is 0 Å². The van der Waals surface area contributed by atoms with Crippen LogP contribution in [0.2, 0.25) is 0 Å². The monoisotopic (exact) mass is 426 g/mol. The van der Waals surface area contributed by atoms with Crippen LogP contribution in [-0.4, -0.2) is 28.8 Å². The van der Waals surface area contributed by atoms with Crippen molar-refractivity contribution in [3.63, 3.8) is 0 Å². The molecule has 5 nitrogen and oxygen atoms in total. The first kappa shape index (κ1) is 23.5. The molecule has 1 aliphatic heterocycles. The number of carbonyl (C=O) groups is 1. The summed E-state index contributed by atoms with van der Waals surface area (Å²) in [6, 6.07) is 3.88. The zero-order chi connectivity index (χ0) is 22.9. The van der Waals surface area contributed by atoms with Crippen LogP contribution in [0.15, 0.2) is 24.3 Å². The van der Waals surface area contributed by atoms with Crippen molar-refractivity contribution in [1.29, 1.82) is 0 Å². The van der Waals surface area contributed by atoms with Gasteiger partial charge in [-0.05, 0) is 81.2 Å². The SMILES string of the molecule is CCCCOC(=O)C1(C)CC(c2ccc(N)c(C3=CCC(C)(C)CC3)n2)=CC(C)(C)O1. The third kappa shape index (κ3) is 5.57. The highest BCUT2D eigenvalue weighted by Crippen LogP contribution is 2.41. The topological polar surface area (TPSA) is 74.4 Å². The number of nitrogens with zero attached hydrogens (tertiary/aromatic N) is 1. The van der Waals surface area contributed by atoms with Crippen molar-refractivity contribution in [2.45, 2.75) is 91.3 Å². The highest BCUT2D eigenvalue weighted by atomic mass is 16.6. The fraction of sp³-hybridized carbons (Fsp3) is 0.615. The van der Waals surface area contributed by atoms with Gasteiger partial charge >= 0.3 is 5.97 Å². The number of ether oxygens (including phenoxy) is 2. The number of aromatic nitrogens is 1. The summed E-state index contributed by atoms with van der Waals surface area (Å²) in [5, 5.41) is 0. The van der Waals surface area contributed by atoms with Gasteiger partial charge in [0.2, 0.25) is 0 Å². The van der Waals surface area contributed by atoms with Gasteiger partial charge in [-0.2, -0.15) is 0 Å². The molecule has 2 aliphatic rings. The molecule has 1 unspecified atom stereocenters. The molecular weight excluding hydrogens is 388 g/mol. The molecule has 1 aromatic rings. The van der Waals surface area contributed by atoms with Gasteiger partial charge in [-0.15, -0.1) is 0 Å². The van der Waals surface area contributed by atoms with E-state index in [9.17, 15) is 4.79 Å². The minimum atomic E-state index is -1.04. The lowest BCUT2D eigenvalue weighted by Crippen LogP contribution is -2.48. The number of unbranched alkanes of at least 4 members (excludes halogenated alkanes) is 1. The number of anilines is 1. The molecule has 0 spiro atoms. The summed E-state index contributed by atoms with van der Waals surface area (Å²) in [7, 11) is 0. The molecule has 170 valence electrons. The van der Waals surface area contributed by atoms with Crippen LogP contribution in [-0.2, 0) is 14.3 Å². The molecule has 1 aliphatic carbocycles. The molecule has 1 atom stereocenters. The number of nitrogen functional groups attached to an aromatic ring is 1. The molecule has 0 aromatic carbocycles. The number of allylic oxidation sites excluding steroid dienone is 2. The lowest BCUT2D eigenvalue weighted by molar-refractivity contribution is -0.184. The van der Waals surface area contributed by atoms with Crippen molar-refractivity contribution in [2.75, 3.05) is 12.3 Å². The molecule has 1 aromatic heterocycles. The first-order chi connectivity index (χ1) is 14.4. The Morgan fingerprint density at radius 1 is 1.19 bits per heavy atom. The Bertz CT molecular complexity index is 898. The zero-order valence-corrected chi connectivity index (χ0v) is 20.0. The van der Waals surface area contributed by atoms with Gasteiger partial charge in [-0.25, -0.2) is 9.78 Å². The maximum Gasteiger partial charge on any atom is 0.338 e. The lowest BCUT2D eigenvalue weighted by atomic mass is 9.77.